The van der Waals surface area contributed by atoms with Gasteiger partial charge in [0.15, 0.2) is 0 Å². The maximum absolute atomic E-state index is 10.8. The van der Waals surface area contributed by atoms with E-state index < -0.39 is 5.97 Å². The third kappa shape index (κ3) is 5.53. The largest absolute Gasteiger partial charge is 0.478 e. The molecular formula is C23H28N2O3S2. The fourth-order valence-electron chi connectivity index (χ4n) is 3.45. The molecule has 0 amide bonds. The Hall–Kier alpha value is -2.09. The number of nitrogens with zero attached hydrogens (tertiary/aromatic N) is 2. The predicted molar refractivity (Wildman–Crippen MR) is 126 cm³/mol. The van der Waals surface area contributed by atoms with E-state index in [0.717, 1.165) is 34.5 Å². The number of ether oxygens (including phenoxy) is 1. The van der Waals surface area contributed by atoms with Crippen LogP contribution in [-0.4, -0.2) is 41.3 Å². The van der Waals surface area contributed by atoms with Crippen LogP contribution in [0.3, 0.4) is 0 Å². The molecule has 5 nitrogen and oxygen atoms in total. The number of fused-ring (bicyclic) bond motifs is 1. The first kappa shape index (κ1) is 22.6. The van der Waals surface area contributed by atoms with Gasteiger partial charge in [-0.05, 0) is 55.9 Å². The molecule has 0 aliphatic carbocycles. The number of hydrogen-bond acceptors (Lipinski definition) is 6. The van der Waals surface area contributed by atoms with Gasteiger partial charge in [-0.3, -0.25) is 0 Å². The number of carboxylic acids is 1. The summed E-state index contributed by atoms with van der Waals surface area (Å²) in [5, 5.41) is 8.85. The second-order valence-corrected chi connectivity index (χ2v) is 9.16. The average Bonchev–Trinajstić information content (AvgIpc) is 2.87. The highest BCUT2D eigenvalue weighted by Crippen LogP contribution is 2.45. The Morgan fingerprint density at radius 2 is 2.10 bits per heavy atom. The first-order valence-corrected chi connectivity index (χ1v) is 12.0. The second-order valence-electron chi connectivity index (χ2n) is 7.11. The maximum atomic E-state index is 10.8. The number of carbonyl (C=O) groups is 1. The van der Waals surface area contributed by atoms with Gasteiger partial charge in [-0.25, -0.2) is 9.10 Å². The van der Waals surface area contributed by atoms with Crippen LogP contribution in [0.1, 0.15) is 26.2 Å². The number of unbranched alkanes of at least 4 members (excludes halogenated alkanes) is 1. The van der Waals surface area contributed by atoms with E-state index >= 15 is 0 Å². The molecular weight excluding hydrogens is 416 g/mol. The fraction of sp³-hybridized carbons (Fsp3) is 0.348. The van der Waals surface area contributed by atoms with Gasteiger partial charge in [-0.2, -0.15) is 0 Å². The van der Waals surface area contributed by atoms with Gasteiger partial charge in [-0.15, -0.1) is 11.8 Å². The minimum Gasteiger partial charge on any atom is -0.478 e. The minimum absolute atomic E-state index is 0.413. The third-order valence-corrected chi connectivity index (χ3v) is 6.92. The van der Waals surface area contributed by atoms with E-state index in [2.05, 4.69) is 53.5 Å². The number of carboxylic acid groups (broad SMARTS) is 1. The third-order valence-electron chi connectivity index (χ3n) is 5.05. The monoisotopic (exact) mass is 444 g/mol. The van der Waals surface area contributed by atoms with E-state index in [1.165, 1.54) is 24.8 Å². The summed E-state index contributed by atoms with van der Waals surface area (Å²) in [6.07, 6.45) is 7.75. The smallest absolute Gasteiger partial charge is 0.331 e. The van der Waals surface area contributed by atoms with Crippen LogP contribution < -0.4 is 9.64 Å². The molecule has 1 unspecified atom stereocenters. The molecule has 0 saturated heterocycles. The number of rotatable bonds is 8. The number of likely N-dealkylation sites (N-methyl/N-ethyl adjacent to an activating group) is 1. The number of para-hydroxylation sites is 1. The van der Waals surface area contributed by atoms with Crippen LogP contribution in [-0.2, 0) is 4.79 Å². The van der Waals surface area contributed by atoms with E-state index in [1.807, 2.05) is 18.4 Å². The van der Waals surface area contributed by atoms with Gasteiger partial charge >= 0.3 is 5.97 Å². The van der Waals surface area contributed by atoms with E-state index in [-0.39, 0.29) is 0 Å². The molecule has 2 aromatic rings. The Kier molecular flexibility index (Phi) is 8.13. The summed E-state index contributed by atoms with van der Waals surface area (Å²) in [5.74, 6) is -0.363. The first-order valence-electron chi connectivity index (χ1n) is 10.0. The van der Waals surface area contributed by atoms with Gasteiger partial charge in [0.1, 0.15) is 5.75 Å². The normalized spacial score (nSPS) is 17.0. The Labute approximate surface area is 187 Å². The summed E-state index contributed by atoms with van der Waals surface area (Å²) in [7, 11) is 2.15. The fourth-order valence-corrected chi connectivity index (χ4v) is 5.04. The Morgan fingerprint density at radius 1 is 1.33 bits per heavy atom. The van der Waals surface area contributed by atoms with Crippen molar-refractivity contribution in [1.82, 2.24) is 4.31 Å². The van der Waals surface area contributed by atoms with Crippen molar-refractivity contribution in [1.29, 1.82) is 0 Å². The van der Waals surface area contributed by atoms with Crippen LogP contribution in [0.15, 0.2) is 64.6 Å². The zero-order valence-corrected chi connectivity index (χ0v) is 19.2. The van der Waals surface area contributed by atoms with Gasteiger partial charge in [0.2, 0.25) is 0 Å². The molecule has 1 aliphatic heterocycles. The molecule has 1 atom stereocenters. The zero-order chi connectivity index (χ0) is 21.5. The standard InChI is InChI=1S/C23H28N2O3S2/c1-4-5-9-18-16-25(17-10-7-6-8-11-17)19-14-22(29-3)20(28-13-12-23(26)27)15-21(19)30-24(18)2/h6-8,10-15,18H,4-5,9,16H2,1-3H3,(H,26,27)/b13-12+. The van der Waals surface area contributed by atoms with Gasteiger partial charge in [0.05, 0.1) is 27.8 Å². The molecule has 0 fully saturated rings. The van der Waals surface area contributed by atoms with Crippen molar-refractivity contribution in [2.45, 2.75) is 42.0 Å². The molecule has 3 rings (SSSR count). The second kappa shape index (κ2) is 10.8. The van der Waals surface area contributed by atoms with Crippen LogP contribution in [0.4, 0.5) is 11.4 Å². The summed E-state index contributed by atoms with van der Waals surface area (Å²) in [6.45, 7) is 3.14. The van der Waals surface area contributed by atoms with Crippen molar-refractivity contribution in [3.05, 3.63) is 54.8 Å². The van der Waals surface area contributed by atoms with E-state index in [0.29, 0.717) is 11.8 Å². The molecule has 0 aromatic heterocycles. The number of benzene rings is 2. The number of aliphatic carboxylic acids is 1. The lowest BCUT2D eigenvalue weighted by Gasteiger charge is -2.30. The highest BCUT2D eigenvalue weighted by molar-refractivity contribution is 7.98. The van der Waals surface area contributed by atoms with Crippen LogP contribution >= 0.6 is 23.7 Å². The molecule has 7 heteroatoms. The molecule has 30 heavy (non-hydrogen) atoms. The SMILES string of the molecule is CCCCC1CN(c2ccccc2)c2cc(SC)c(O/C=C/C(=O)O)cc2SN1C. The maximum Gasteiger partial charge on any atom is 0.331 e. The van der Waals surface area contributed by atoms with Crippen LogP contribution in [0.2, 0.25) is 0 Å². The lowest BCUT2D eigenvalue weighted by molar-refractivity contribution is -0.131. The summed E-state index contributed by atoms with van der Waals surface area (Å²) in [4.78, 5) is 15.3. The molecule has 0 radical (unpaired) electrons. The van der Waals surface area contributed by atoms with Crippen molar-refractivity contribution < 1.29 is 14.6 Å². The van der Waals surface area contributed by atoms with Crippen LogP contribution in [0.5, 0.6) is 5.75 Å². The molecule has 0 bridgehead atoms. The van der Waals surface area contributed by atoms with E-state index in [1.54, 1.807) is 23.7 Å². The van der Waals surface area contributed by atoms with Crippen LogP contribution in [0, 0.1) is 0 Å². The Bertz CT molecular complexity index is 890. The molecule has 1 heterocycles. The van der Waals surface area contributed by atoms with Gasteiger partial charge in [0.25, 0.3) is 0 Å². The van der Waals surface area contributed by atoms with Crippen molar-refractivity contribution in [2.24, 2.45) is 0 Å². The topological polar surface area (TPSA) is 53.0 Å². The predicted octanol–water partition coefficient (Wildman–Crippen LogP) is 6.04. The Balaban J connectivity index is 2.04. The number of anilines is 2. The van der Waals surface area contributed by atoms with Crippen LogP contribution in [0.25, 0.3) is 0 Å². The number of thioether (sulfide) groups is 1. The number of hydrogen-bond donors (Lipinski definition) is 1. The molecule has 0 saturated carbocycles. The zero-order valence-electron chi connectivity index (χ0n) is 17.6. The molecule has 160 valence electrons. The molecule has 2 aromatic carbocycles. The highest BCUT2D eigenvalue weighted by Gasteiger charge is 2.28. The molecule has 0 spiro atoms. The van der Waals surface area contributed by atoms with E-state index in [9.17, 15) is 4.79 Å². The summed E-state index contributed by atoms with van der Waals surface area (Å²) < 4.78 is 8.02. The lowest BCUT2D eigenvalue weighted by atomic mass is 10.1. The van der Waals surface area contributed by atoms with E-state index in [4.69, 9.17) is 9.84 Å². The highest BCUT2D eigenvalue weighted by atomic mass is 32.2. The van der Waals surface area contributed by atoms with Crippen molar-refractivity contribution >= 4 is 41.1 Å². The molecule has 1 aliphatic rings. The van der Waals surface area contributed by atoms with Crippen molar-refractivity contribution in [2.75, 3.05) is 24.7 Å². The summed E-state index contributed by atoms with van der Waals surface area (Å²) in [6, 6.07) is 15.1. The molecule has 1 N–H and O–H groups in total. The first-order chi connectivity index (χ1) is 14.5. The van der Waals surface area contributed by atoms with Gasteiger partial charge < -0.3 is 14.7 Å². The quantitative estimate of drug-likeness (QED) is 0.231. The van der Waals surface area contributed by atoms with Crippen molar-refractivity contribution in [3.63, 3.8) is 0 Å². The summed E-state index contributed by atoms with van der Waals surface area (Å²) in [5.41, 5.74) is 2.32. The van der Waals surface area contributed by atoms with Crippen molar-refractivity contribution in [3.8, 4) is 5.75 Å². The van der Waals surface area contributed by atoms with Gasteiger partial charge in [0, 0.05) is 18.3 Å². The average molecular weight is 445 g/mol. The lowest BCUT2D eigenvalue weighted by Crippen LogP contribution is -2.35. The minimum atomic E-state index is -1.03. The summed E-state index contributed by atoms with van der Waals surface area (Å²) >= 11 is 3.32. The van der Waals surface area contributed by atoms with Gasteiger partial charge in [-0.1, -0.05) is 38.0 Å². The Morgan fingerprint density at radius 3 is 2.77 bits per heavy atom.